The topological polar surface area (TPSA) is 70.2 Å². The molecule has 2 rings (SSSR count). The zero-order chi connectivity index (χ0) is 15.2. The summed E-state index contributed by atoms with van der Waals surface area (Å²) in [5.74, 6) is -0.0291. The van der Waals surface area contributed by atoms with E-state index >= 15 is 0 Å². The third kappa shape index (κ3) is 4.56. The Bertz CT molecular complexity index is 493. The van der Waals surface area contributed by atoms with Crippen LogP contribution < -0.4 is 16.0 Å². The molecule has 1 aromatic rings. The maximum atomic E-state index is 11.7. The highest BCUT2D eigenvalue weighted by Gasteiger charge is 2.16. The van der Waals surface area contributed by atoms with Crippen molar-refractivity contribution in [3.63, 3.8) is 0 Å². The van der Waals surface area contributed by atoms with Crippen molar-refractivity contribution < 1.29 is 9.59 Å². The van der Waals surface area contributed by atoms with Crippen molar-refractivity contribution in [2.24, 2.45) is 0 Å². The lowest BCUT2D eigenvalue weighted by Gasteiger charge is -2.23. The van der Waals surface area contributed by atoms with Gasteiger partial charge in [-0.2, -0.15) is 0 Å². The van der Waals surface area contributed by atoms with Crippen LogP contribution in [0.25, 0.3) is 0 Å². The first-order valence-electron chi connectivity index (χ1n) is 7.45. The number of benzene rings is 1. The minimum atomic E-state index is -0.446. The van der Waals surface area contributed by atoms with Crippen molar-refractivity contribution in [2.75, 3.05) is 18.4 Å². The summed E-state index contributed by atoms with van der Waals surface area (Å²) in [6.45, 7) is 5.22. The van der Waals surface area contributed by atoms with Gasteiger partial charge in [-0.3, -0.25) is 14.9 Å². The highest BCUT2D eigenvalue weighted by atomic mass is 16.2. The number of hydrogen-bond acceptors (Lipinski definition) is 4. The first kappa shape index (κ1) is 15.5. The van der Waals surface area contributed by atoms with Crippen molar-refractivity contribution in [1.29, 1.82) is 0 Å². The van der Waals surface area contributed by atoms with Gasteiger partial charge in [-0.05, 0) is 56.5 Å². The molecule has 114 valence electrons. The van der Waals surface area contributed by atoms with Crippen LogP contribution in [0.1, 0.15) is 38.2 Å². The molecular weight excluding hydrogens is 266 g/mol. The average molecular weight is 289 g/mol. The summed E-state index contributed by atoms with van der Waals surface area (Å²) >= 11 is 0. The van der Waals surface area contributed by atoms with Crippen LogP contribution >= 0.6 is 0 Å². The van der Waals surface area contributed by atoms with Crippen LogP contribution in [-0.2, 0) is 9.59 Å². The Hall–Kier alpha value is -1.88. The van der Waals surface area contributed by atoms with Gasteiger partial charge in [-0.1, -0.05) is 12.1 Å². The third-order valence-corrected chi connectivity index (χ3v) is 3.80. The third-order valence-electron chi connectivity index (χ3n) is 3.80. The van der Waals surface area contributed by atoms with E-state index in [2.05, 4.69) is 28.1 Å². The summed E-state index contributed by atoms with van der Waals surface area (Å²) in [6, 6.07) is 7.78. The summed E-state index contributed by atoms with van der Waals surface area (Å²) in [6.07, 6.45) is 2.34. The molecule has 21 heavy (non-hydrogen) atoms. The maximum absolute atomic E-state index is 11.7. The van der Waals surface area contributed by atoms with Gasteiger partial charge in [-0.25, -0.2) is 0 Å². The second-order valence-electron chi connectivity index (χ2n) is 5.56. The lowest BCUT2D eigenvalue weighted by molar-refractivity contribution is -0.129. The van der Waals surface area contributed by atoms with Crippen molar-refractivity contribution >= 4 is 17.5 Å². The molecule has 3 N–H and O–H groups in total. The number of nitrogens with one attached hydrogen (secondary N) is 3. The molecule has 1 unspecified atom stereocenters. The molecule has 1 saturated heterocycles. The first-order chi connectivity index (χ1) is 10.1. The van der Waals surface area contributed by atoms with Crippen LogP contribution in [0.15, 0.2) is 24.3 Å². The smallest absolute Gasteiger partial charge is 0.248 e. The van der Waals surface area contributed by atoms with Gasteiger partial charge in [0.1, 0.15) is 6.04 Å². The van der Waals surface area contributed by atoms with Crippen molar-refractivity contribution in [2.45, 2.75) is 38.6 Å². The van der Waals surface area contributed by atoms with Crippen molar-refractivity contribution in [3.05, 3.63) is 29.8 Å². The van der Waals surface area contributed by atoms with E-state index in [1.807, 2.05) is 12.1 Å². The number of piperidine rings is 1. The van der Waals surface area contributed by atoms with E-state index in [4.69, 9.17) is 0 Å². The molecule has 1 heterocycles. The maximum Gasteiger partial charge on any atom is 0.248 e. The number of rotatable bonds is 4. The van der Waals surface area contributed by atoms with E-state index in [0.717, 1.165) is 18.8 Å². The van der Waals surface area contributed by atoms with Gasteiger partial charge < -0.3 is 10.6 Å². The van der Waals surface area contributed by atoms with Crippen LogP contribution in [0, 0.1) is 0 Å². The van der Waals surface area contributed by atoms with Gasteiger partial charge >= 0.3 is 0 Å². The predicted octanol–water partition coefficient (Wildman–Crippen LogP) is 1.62. The zero-order valence-corrected chi connectivity index (χ0v) is 12.6. The van der Waals surface area contributed by atoms with Gasteiger partial charge in [0.15, 0.2) is 0 Å². The summed E-state index contributed by atoms with van der Waals surface area (Å²) < 4.78 is 0. The van der Waals surface area contributed by atoms with Crippen LogP contribution in [0.5, 0.6) is 0 Å². The van der Waals surface area contributed by atoms with Crippen LogP contribution in [-0.4, -0.2) is 30.9 Å². The lowest BCUT2D eigenvalue weighted by Crippen LogP contribution is -2.39. The van der Waals surface area contributed by atoms with E-state index in [9.17, 15) is 9.59 Å². The highest BCUT2D eigenvalue weighted by molar-refractivity contribution is 5.97. The van der Waals surface area contributed by atoms with Gasteiger partial charge in [0.2, 0.25) is 11.8 Å². The molecule has 1 aliphatic rings. The number of amides is 2. The fraction of sp³-hybridized carbons (Fsp3) is 0.500. The summed E-state index contributed by atoms with van der Waals surface area (Å²) in [4.78, 5) is 22.5. The van der Waals surface area contributed by atoms with E-state index in [-0.39, 0.29) is 11.8 Å². The molecule has 0 saturated carbocycles. The Balaban J connectivity index is 1.92. The Morgan fingerprint density at radius 1 is 1.19 bits per heavy atom. The molecule has 5 nitrogen and oxygen atoms in total. The minimum absolute atomic E-state index is 0.315. The standard InChI is InChI=1S/C16H23N3O2/c1-11(16(21)19-12(2)20)18-15-5-3-13(4-6-15)14-7-9-17-10-8-14/h3-6,11,14,17-18H,7-10H2,1-2H3,(H,19,20,21). The van der Waals surface area contributed by atoms with E-state index in [0.29, 0.717) is 5.92 Å². The number of carbonyl (C=O) groups excluding carboxylic acids is 2. The molecule has 1 aliphatic heterocycles. The van der Waals surface area contributed by atoms with Crippen LogP contribution in [0.2, 0.25) is 0 Å². The van der Waals surface area contributed by atoms with Gasteiger partial charge in [0, 0.05) is 12.6 Å². The zero-order valence-electron chi connectivity index (χ0n) is 12.6. The fourth-order valence-electron chi connectivity index (χ4n) is 2.60. The number of imide groups is 1. The molecule has 0 bridgehead atoms. The van der Waals surface area contributed by atoms with Gasteiger partial charge in [-0.15, -0.1) is 0 Å². The average Bonchev–Trinajstić information content (AvgIpc) is 2.48. The van der Waals surface area contributed by atoms with Crippen LogP contribution in [0.3, 0.4) is 0 Å². The predicted molar refractivity (Wildman–Crippen MR) is 83.2 cm³/mol. The summed E-state index contributed by atoms with van der Waals surface area (Å²) in [5.41, 5.74) is 2.24. The van der Waals surface area contributed by atoms with Crippen molar-refractivity contribution in [3.8, 4) is 0 Å². The van der Waals surface area contributed by atoms with E-state index in [1.54, 1.807) is 6.92 Å². The minimum Gasteiger partial charge on any atom is -0.374 e. The van der Waals surface area contributed by atoms with E-state index in [1.165, 1.54) is 25.3 Å². The normalized spacial score (nSPS) is 17.0. The molecule has 1 aromatic carbocycles. The lowest BCUT2D eigenvalue weighted by atomic mass is 9.90. The van der Waals surface area contributed by atoms with Crippen LogP contribution in [0.4, 0.5) is 5.69 Å². The molecule has 0 spiro atoms. The number of carbonyl (C=O) groups is 2. The Morgan fingerprint density at radius 2 is 1.81 bits per heavy atom. The Kier molecular flexibility index (Phi) is 5.33. The molecular formula is C16H23N3O2. The second-order valence-corrected chi connectivity index (χ2v) is 5.56. The monoisotopic (exact) mass is 289 g/mol. The van der Waals surface area contributed by atoms with E-state index < -0.39 is 6.04 Å². The second kappa shape index (κ2) is 7.22. The van der Waals surface area contributed by atoms with Gasteiger partial charge in [0.25, 0.3) is 0 Å². The molecule has 2 amide bonds. The first-order valence-corrected chi connectivity index (χ1v) is 7.45. The number of anilines is 1. The summed E-state index contributed by atoms with van der Waals surface area (Å²) in [5, 5.41) is 8.74. The quantitative estimate of drug-likeness (QED) is 0.788. The van der Waals surface area contributed by atoms with Gasteiger partial charge in [0.05, 0.1) is 0 Å². The Morgan fingerprint density at radius 3 is 2.38 bits per heavy atom. The molecule has 0 aliphatic carbocycles. The molecule has 1 fully saturated rings. The molecule has 0 aromatic heterocycles. The Labute approximate surface area is 125 Å². The molecule has 0 radical (unpaired) electrons. The number of hydrogen-bond donors (Lipinski definition) is 3. The highest BCUT2D eigenvalue weighted by Crippen LogP contribution is 2.26. The molecule has 1 atom stereocenters. The van der Waals surface area contributed by atoms with Crippen molar-refractivity contribution in [1.82, 2.24) is 10.6 Å². The largest absolute Gasteiger partial charge is 0.374 e. The summed E-state index contributed by atoms with van der Waals surface area (Å²) in [7, 11) is 0. The molecule has 5 heteroatoms. The SMILES string of the molecule is CC(=O)NC(=O)C(C)Nc1ccc(C2CCNCC2)cc1. The fourth-order valence-corrected chi connectivity index (χ4v) is 2.60.